The Morgan fingerprint density at radius 2 is 1.13 bits per heavy atom. The van der Waals surface area contributed by atoms with E-state index in [1.807, 2.05) is 0 Å². The summed E-state index contributed by atoms with van der Waals surface area (Å²) < 4.78 is 171. The monoisotopic (exact) mass is 512 g/mol. The van der Waals surface area contributed by atoms with Gasteiger partial charge < -0.3 is 15.3 Å². The number of carboxylic acids is 1. The van der Waals surface area contributed by atoms with Crippen molar-refractivity contribution in [2.24, 2.45) is 5.92 Å². The summed E-state index contributed by atoms with van der Waals surface area (Å²) in [4.78, 5) is 10.3. The molecule has 0 radical (unpaired) electrons. The van der Waals surface area contributed by atoms with Gasteiger partial charge in [-0.25, -0.2) is 0 Å². The number of hydrogen-bond donors (Lipinski definition) is 3. The Morgan fingerprint density at radius 1 is 0.710 bits per heavy atom. The van der Waals surface area contributed by atoms with Crippen molar-refractivity contribution in [1.82, 2.24) is 0 Å². The first kappa shape index (κ1) is 29.8. The molecule has 0 spiro atoms. The molecule has 2 unspecified atom stereocenters. The number of halogens is 13. The minimum atomic E-state index is -8.07. The molecule has 0 saturated carbocycles. The molecule has 0 heterocycles. The molecule has 0 fully saturated rings. The third kappa shape index (κ3) is 5.09. The van der Waals surface area contributed by atoms with Crippen molar-refractivity contribution in [1.29, 1.82) is 0 Å². The van der Waals surface area contributed by atoms with Crippen LogP contribution >= 0.6 is 11.8 Å². The number of carboxylic acid groups (broad SMARTS) is 1. The van der Waals surface area contributed by atoms with E-state index in [2.05, 4.69) is 0 Å². The first-order valence-electron chi connectivity index (χ1n) is 7.58. The fraction of sp³-hybridized carbons (Fsp3) is 0.923. The first-order valence-corrected chi connectivity index (χ1v) is 8.63. The van der Waals surface area contributed by atoms with Crippen LogP contribution in [-0.4, -0.2) is 81.3 Å². The molecule has 31 heavy (non-hydrogen) atoms. The zero-order valence-corrected chi connectivity index (χ0v) is 15.4. The highest BCUT2D eigenvalue weighted by molar-refractivity contribution is 7.99. The van der Waals surface area contributed by atoms with Gasteiger partial charge in [0, 0.05) is 11.0 Å². The average molecular weight is 512 g/mol. The van der Waals surface area contributed by atoms with Gasteiger partial charge in [0.1, 0.15) is 0 Å². The van der Waals surface area contributed by atoms with Gasteiger partial charge in [0.2, 0.25) is 0 Å². The van der Waals surface area contributed by atoms with Gasteiger partial charge in [-0.2, -0.15) is 68.8 Å². The van der Waals surface area contributed by atoms with Crippen LogP contribution < -0.4 is 0 Å². The predicted molar refractivity (Wildman–Crippen MR) is 77.0 cm³/mol. The molecule has 0 aliphatic carbocycles. The molecule has 0 aromatic rings. The molecule has 0 aliphatic rings. The zero-order chi connectivity index (χ0) is 25.3. The lowest BCUT2D eigenvalue weighted by molar-refractivity contribution is -0.443. The molecule has 2 atom stereocenters. The van der Waals surface area contributed by atoms with Crippen molar-refractivity contribution in [2.45, 2.75) is 47.5 Å². The third-order valence-electron chi connectivity index (χ3n) is 3.90. The maximum absolute atomic E-state index is 14.1. The molecule has 0 bridgehead atoms. The van der Waals surface area contributed by atoms with E-state index in [1.165, 1.54) is 0 Å². The van der Waals surface area contributed by atoms with E-state index in [0.29, 0.717) is 0 Å². The van der Waals surface area contributed by atoms with Crippen LogP contribution in [0.3, 0.4) is 0 Å². The number of thioether (sulfide) groups is 1. The maximum Gasteiger partial charge on any atom is 0.460 e. The van der Waals surface area contributed by atoms with Crippen LogP contribution in [0.4, 0.5) is 57.1 Å². The molecule has 0 amide bonds. The van der Waals surface area contributed by atoms with Crippen LogP contribution in [-0.2, 0) is 4.79 Å². The van der Waals surface area contributed by atoms with Crippen LogP contribution in [0.1, 0.15) is 6.42 Å². The lowest BCUT2D eigenvalue weighted by Crippen LogP contribution is -2.71. The molecule has 0 rings (SSSR count). The summed E-state index contributed by atoms with van der Waals surface area (Å²) in [5, 5.41) is 23.8. The van der Waals surface area contributed by atoms with Gasteiger partial charge in [-0.1, -0.05) is 0 Å². The van der Waals surface area contributed by atoms with Gasteiger partial charge >= 0.3 is 41.8 Å². The Bertz CT molecular complexity index is 623. The smallest absolute Gasteiger partial charge is 0.460 e. The van der Waals surface area contributed by atoms with Crippen molar-refractivity contribution in [2.75, 3.05) is 19.0 Å². The normalized spacial score (nSPS) is 16.9. The third-order valence-corrected chi connectivity index (χ3v) is 5.24. The summed E-state index contributed by atoms with van der Waals surface area (Å²) >= 11 is -0.111. The van der Waals surface area contributed by atoms with Crippen LogP contribution in [0.2, 0.25) is 0 Å². The summed E-state index contributed by atoms with van der Waals surface area (Å²) in [6.45, 7) is -3.91. The van der Waals surface area contributed by atoms with E-state index >= 15 is 0 Å². The SMILES string of the molecule is O=C(O)CCSC(CO)C(CO)C(F)(F)C(F)(F)C(F)(F)C(F)(F)C(F)(F)C(F)(F)F. The number of alkyl halides is 13. The van der Waals surface area contributed by atoms with Gasteiger partial charge in [-0.15, -0.1) is 0 Å². The number of aliphatic carboxylic acids is 1. The summed E-state index contributed by atoms with van der Waals surface area (Å²) in [5.41, 5.74) is 0. The summed E-state index contributed by atoms with van der Waals surface area (Å²) in [6, 6.07) is 0. The molecule has 186 valence electrons. The van der Waals surface area contributed by atoms with Gasteiger partial charge in [0.25, 0.3) is 0 Å². The van der Waals surface area contributed by atoms with Crippen LogP contribution in [0.15, 0.2) is 0 Å². The Hall–Kier alpha value is -1.17. The van der Waals surface area contributed by atoms with Crippen LogP contribution in [0, 0.1) is 5.92 Å². The van der Waals surface area contributed by atoms with Gasteiger partial charge in [-0.3, -0.25) is 4.79 Å². The Balaban J connectivity index is 6.30. The zero-order valence-electron chi connectivity index (χ0n) is 14.6. The fourth-order valence-electron chi connectivity index (χ4n) is 2.07. The lowest BCUT2D eigenvalue weighted by Gasteiger charge is -2.42. The highest BCUT2D eigenvalue weighted by atomic mass is 32.2. The molecule has 0 aromatic carbocycles. The minimum absolute atomic E-state index is 0.111. The number of rotatable bonds is 12. The topological polar surface area (TPSA) is 77.8 Å². The Kier molecular flexibility index (Phi) is 9.01. The maximum atomic E-state index is 14.1. The molecule has 3 N–H and O–H groups in total. The molecule has 0 aromatic heterocycles. The largest absolute Gasteiger partial charge is 0.481 e. The molecule has 0 aliphatic heterocycles. The number of carbonyl (C=O) groups is 1. The van der Waals surface area contributed by atoms with Gasteiger partial charge in [-0.05, 0) is 0 Å². The standard InChI is InChI=1S/C13H13F13O4S/c14-8(15,5(3-27)6(4-28)31-2-1-7(29)30)9(16,17)10(18,19)11(20,21)12(22,23)13(24,25)26/h5-6,27-28H,1-4H2,(H,29,30). The highest BCUT2D eigenvalue weighted by Gasteiger charge is 2.91. The van der Waals surface area contributed by atoms with E-state index < -0.39 is 78.3 Å². The van der Waals surface area contributed by atoms with E-state index in [4.69, 9.17) is 15.3 Å². The molecule has 4 nitrogen and oxygen atoms in total. The summed E-state index contributed by atoms with van der Waals surface area (Å²) in [6.07, 6.45) is -8.41. The Labute approximate surface area is 168 Å². The van der Waals surface area contributed by atoms with Crippen molar-refractivity contribution < 1.29 is 77.2 Å². The van der Waals surface area contributed by atoms with Crippen LogP contribution in [0.5, 0.6) is 0 Å². The fourth-order valence-corrected chi connectivity index (χ4v) is 3.26. The van der Waals surface area contributed by atoms with E-state index in [-0.39, 0.29) is 11.8 Å². The Morgan fingerprint density at radius 3 is 1.45 bits per heavy atom. The summed E-state index contributed by atoms with van der Waals surface area (Å²) in [5.74, 6) is -44.1. The van der Waals surface area contributed by atoms with Crippen molar-refractivity contribution in [3.8, 4) is 0 Å². The highest BCUT2D eigenvalue weighted by Crippen LogP contribution is 2.61. The van der Waals surface area contributed by atoms with Gasteiger partial charge in [0.15, 0.2) is 0 Å². The lowest BCUT2D eigenvalue weighted by atomic mass is 9.86. The predicted octanol–water partition coefficient (Wildman–Crippen LogP) is 3.90. The number of aliphatic hydroxyl groups excluding tert-OH is 2. The second-order valence-corrected chi connectivity index (χ2v) is 7.29. The van der Waals surface area contributed by atoms with Crippen LogP contribution in [0.25, 0.3) is 0 Å². The molecular weight excluding hydrogens is 499 g/mol. The number of hydrogen-bond acceptors (Lipinski definition) is 4. The number of aliphatic hydroxyl groups is 2. The van der Waals surface area contributed by atoms with E-state index in [1.54, 1.807) is 0 Å². The van der Waals surface area contributed by atoms with Crippen molar-refractivity contribution >= 4 is 17.7 Å². The minimum Gasteiger partial charge on any atom is -0.481 e. The van der Waals surface area contributed by atoms with Crippen molar-refractivity contribution in [3.63, 3.8) is 0 Å². The van der Waals surface area contributed by atoms with E-state index in [0.717, 1.165) is 0 Å². The average Bonchev–Trinajstić information content (AvgIpc) is 2.58. The molecule has 18 heteroatoms. The van der Waals surface area contributed by atoms with Crippen molar-refractivity contribution in [3.05, 3.63) is 0 Å². The first-order chi connectivity index (χ1) is 13.6. The second-order valence-electron chi connectivity index (χ2n) is 5.94. The molecular formula is C13H13F13O4S. The van der Waals surface area contributed by atoms with E-state index in [9.17, 15) is 61.9 Å². The summed E-state index contributed by atoms with van der Waals surface area (Å²) in [7, 11) is 0. The second kappa shape index (κ2) is 9.36. The quantitative estimate of drug-likeness (QED) is 0.346. The molecule has 0 saturated heterocycles. The van der Waals surface area contributed by atoms with Gasteiger partial charge in [0.05, 0.1) is 25.6 Å².